The molecule has 204 valence electrons. The molecule has 1 amide bonds. The Morgan fingerprint density at radius 3 is 2.58 bits per heavy atom. The molecule has 2 aliphatic heterocycles. The van der Waals surface area contributed by atoms with Crippen LogP contribution in [-0.2, 0) is 9.53 Å². The van der Waals surface area contributed by atoms with E-state index in [1.165, 1.54) is 0 Å². The number of aromatic nitrogens is 1. The van der Waals surface area contributed by atoms with Crippen LogP contribution in [0.25, 0.3) is 42.2 Å². The van der Waals surface area contributed by atoms with E-state index in [0.29, 0.717) is 25.1 Å². The maximum atomic E-state index is 13.2. The van der Waals surface area contributed by atoms with Gasteiger partial charge in [0.1, 0.15) is 5.82 Å². The van der Waals surface area contributed by atoms with Gasteiger partial charge in [0.15, 0.2) is 5.43 Å². The quantitative estimate of drug-likeness (QED) is 0.302. The molecule has 3 N–H and O–H groups in total. The maximum absolute atomic E-state index is 13.2. The minimum Gasteiger partial charge on any atom is -0.378 e. The van der Waals surface area contributed by atoms with Crippen LogP contribution in [0.4, 0.5) is 11.5 Å². The summed E-state index contributed by atoms with van der Waals surface area (Å²) in [7, 11) is 0. The minimum atomic E-state index is -0.00382. The number of amides is 1. The number of nitrogens with zero attached hydrogens (tertiary/aromatic N) is 2. The number of nitrogens with one attached hydrogen (secondary N) is 3. The number of carbonyl (C=O) groups excluding carboxylic acids is 1. The number of carbonyl (C=O) groups is 1. The van der Waals surface area contributed by atoms with E-state index >= 15 is 0 Å². The van der Waals surface area contributed by atoms with Gasteiger partial charge in [-0.05, 0) is 18.2 Å². The lowest BCUT2D eigenvalue weighted by molar-refractivity contribution is -0.117. The van der Waals surface area contributed by atoms with Crippen molar-refractivity contribution in [1.29, 1.82) is 0 Å². The van der Waals surface area contributed by atoms with Crippen LogP contribution in [-0.4, -0.2) is 74.8 Å². The highest BCUT2D eigenvalue weighted by Gasteiger charge is 2.20. The van der Waals surface area contributed by atoms with Crippen LogP contribution in [0.1, 0.15) is 0 Å². The first-order valence-corrected chi connectivity index (χ1v) is 14.6. The van der Waals surface area contributed by atoms with Gasteiger partial charge in [-0.15, -0.1) is 11.3 Å². The zero-order chi connectivity index (χ0) is 27.1. The molecule has 9 heteroatoms. The van der Waals surface area contributed by atoms with E-state index in [4.69, 9.17) is 4.74 Å². The molecule has 2 aromatic heterocycles. The standard InChI is InChI=1S/C31H31N5O3S/c37-25-18-27(36-14-16-39-17-15-36)34-30-20(5-3-6-22(25)30)21-8-9-24(33-28(38)19-35-12-10-32-11-13-35)29-23-4-1-2-7-26(23)40-31(21)29/h1-9,18,32H,10-17,19H2,(H,33,38)(H,34,37). The lowest BCUT2D eigenvalue weighted by atomic mass is 9.98. The summed E-state index contributed by atoms with van der Waals surface area (Å²) in [6.45, 7) is 6.70. The normalized spacial score (nSPS) is 16.6. The molecule has 2 fully saturated rings. The summed E-state index contributed by atoms with van der Waals surface area (Å²) in [5.74, 6) is 0.813. The van der Waals surface area contributed by atoms with Gasteiger partial charge in [0, 0.05) is 82.0 Å². The molecule has 0 aliphatic carbocycles. The van der Waals surface area contributed by atoms with Gasteiger partial charge in [0.05, 0.1) is 31.0 Å². The van der Waals surface area contributed by atoms with Gasteiger partial charge in [-0.3, -0.25) is 14.5 Å². The number of rotatable bonds is 5. The van der Waals surface area contributed by atoms with Crippen LogP contribution in [0, 0.1) is 0 Å². The van der Waals surface area contributed by atoms with Crippen LogP contribution in [0.2, 0.25) is 0 Å². The number of H-pyrrole nitrogens is 1. The predicted octanol–water partition coefficient (Wildman–Crippen LogP) is 4.24. The first-order chi connectivity index (χ1) is 19.7. The van der Waals surface area contributed by atoms with Crippen molar-refractivity contribution in [3.63, 3.8) is 0 Å². The van der Waals surface area contributed by atoms with E-state index in [0.717, 1.165) is 87.6 Å². The number of hydrogen-bond donors (Lipinski definition) is 3. The molecule has 0 spiro atoms. The highest BCUT2D eigenvalue weighted by Crippen LogP contribution is 2.44. The number of ether oxygens (including phenoxy) is 1. The van der Waals surface area contributed by atoms with Gasteiger partial charge >= 0.3 is 0 Å². The number of morpholine rings is 1. The molecule has 40 heavy (non-hydrogen) atoms. The largest absolute Gasteiger partial charge is 0.378 e. The number of thiophene rings is 1. The van der Waals surface area contributed by atoms with Crippen LogP contribution >= 0.6 is 11.3 Å². The van der Waals surface area contributed by atoms with Crippen LogP contribution in [0.5, 0.6) is 0 Å². The Morgan fingerprint density at radius 1 is 0.925 bits per heavy atom. The third-order valence-electron chi connectivity index (χ3n) is 7.87. The molecule has 4 heterocycles. The zero-order valence-corrected chi connectivity index (χ0v) is 23.0. The highest BCUT2D eigenvalue weighted by atomic mass is 32.1. The number of fused-ring (bicyclic) bond motifs is 4. The second-order valence-corrected chi connectivity index (χ2v) is 11.4. The number of piperazine rings is 1. The lowest BCUT2D eigenvalue weighted by Crippen LogP contribution is -2.46. The molecule has 0 radical (unpaired) electrons. The predicted molar refractivity (Wildman–Crippen MR) is 164 cm³/mol. The average molecular weight is 554 g/mol. The van der Waals surface area contributed by atoms with Gasteiger partial charge in [0.25, 0.3) is 0 Å². The zero-order valence-electron chi connectivity index (χ0n) is 22.2. The number of pyridine rings is 1. The lowest BCUT2D eigenvalue weighted by Gasteiger charge is -2.28. The van der Waals surface area contributed by atoms with Crippen molar-refractivity contribution in [3.05, 3.63) is 70.9 Å². The maximum Gasteiger partial charge on any atom is 0.238 e. The molecule has 0 atom stereocenters. The Labute approximate surface area is 235 Å². The van der Waals surface area contributed by atoms with Gasteiger partial charge in [-0.25, -0.2) is 0 Å². The average Bonchev–Trinajstić information content (AvgIpc) is 3.38. The van der Waals surface area contributed by atoms with Crippen molar-refractivity contribution in [2.75, 3.05) is 69.2 Å². The van der Waals surface area contributed by atoms with Crippen molar-refractivity contribution >= 4 is 59.8 Å². The minimum absolute atomic E-state index is 0.00136. The molecule has 3 aromatic carbocycles. The van der Waals surface area contributed by atoms with Crippen LogP contribution in [0.3, 0.4) is 0 Å². The van der Waals surface area contributed by atoms with Crippen molar-refractivity contribution in [2.24, 2.45) is 0 Å². The topological polar surface area (TPSA) is 89.7 Å². The Bertz CT molecular complexity index is 1780. The Hall–Kier alpha value is -3.76. The number of para-hydroxylation sites is 1. The fourth-order valence-corrected chi connectivity index (χ4v) is 7.12. The summed E-state index contributed by atoms with van der Waals surface area (Å²) in [5.41, 5.74) is 3.66. The smallest absolute Gasteiger partial charge is 0.238 e. The summed E-state index contributed by atoms with van der Waals surface area (Å²) < 4.78 is 7.77. The molecule has 2 saturated heterocycles. The number of hydrogen-bond acceptors (Lipinski definition) is 7. The first kappa shape index (κ1) is 25.2. The van der Waals surface area contributed by atoms with E-state index in [1.807, 2.05) is 30.3 Å². The van der Waals surface area contributed by atoms with E-state index in [1.54, 1.807) is 17.4 Å². The summed E-state index contributed by atoms with van der Waals surface area (Å²) in [6.07, 6.45) is 0. The molecular weight excluding hydrogens is 522 g/mol. The number of benzene rings is 3. The molecule has 2 aliphatic rings. The summed E-state index contributed by atoms with van der Waals surface area (Å²) in [6, 6.07) is 20.0. The molecule has 5 aromatic rings. The van der Waals surface area contributed by atoms with Crippen LogP contribution in [0.15, 0.2) is 65.5 Å². The van der Waals surface area contributed by atoms with E-state index in [2.05, 4.69) is 49.7 Å². The van der Waals surface area contributed by atoms with E-state index in [9.17, 15) is 9.59 Å². The second-order valence-electron chi connectivity index (χ2n) is 10.4. The third-order valence-corrected chi connectivity index (χ3v) is 9.07. The third kappa shape index (κ3) is 4.65. The summed E-state index contributed by atoms with van der Waals surface area (Å²) in [4.78, 5) is 34.3. The Morgan fingerprint density at radius 2 is 1.73 bits per heavy atom. The summed E-state index contributed by atoms with van der Waals surface area (Å²) >= 11 is 1.72. The molecule has 0 saturated carbocycles. The Balaban J connectivity index is 1.35. The van der Waals surface area contributed by atoms with Crippen molar-refractivity contribution in [1.82, 2.24) is 15.2 Å². The van der Waals surface area contributed by atoms with Gasteiger partial charge in [0.2, 0.25) is 5.91 Å². The van der Waals surface area contributed by atoms with Crippen LogP contribution < -0.4 is 21.0 Å². The van der Waals surface area contributed by atoms with Crippen molar-refractivity contribution in [2.45, 2.75) is 0 Å². The molecule has 8 nitrogen and oxygen atoms in total. The van der Waals surface area contributed by atoms with Gasteiger partial charge < -0.3 is 25.3 Å². The first-order valence-electron chi connectivity index (χ1n) is 13.8. The SMILES string of the molecule is O=C(CN1CCNCC1)Nc1ccc(-c2cccc3c(=O)cc(N4CCOCC4)[nH]c23)c2sc3ccccc3c12. The fourth-order valence-electron chi connectivity index (χ4n) is 5.86. The molecule has 0 bridgehead atoms. The van der Waals surface area contributed by atoms with E-state index < -0.39 is 0 Å². The second kappa shape index (κ2) is 10.7. The number of aromatic amines is 1. The van der Waals surface area contributed by atoms with Gasteiger partial charge in [-0.1, -0.05) is 36.4 Å². The van der Waals surface area contributed by atoms with Crippen molar-refractivity contribution < 1.29 is 9.53 Å². The molecular formula is C31H31N5O3S. The monoisotopic (exact) mass is 553 g/mol. The molecule has 0 unspecified atom stereocenters. The Kier molecular flexibility index (Phi) is 6.73. The number of anilines is 2. The summed E-state index contributed by atoms with van der Waals surface area (Å²) in [5, 5.41) is 9.37. The highest BCUT2D eigenvalue weighted by molar-refractivity contribution is 7.26. The van der Waals surface area contributed by atoms with Gasteiger partial charge in [-0.2, -0.15) is 0 Å². The fraction of sp³-hybridized carbons (Fsp3) is 0.290. The molecule has 7 rings (SSSR count). The van der Waals surface area contributed by atoms with Crippen molar-refractivity contribution in [3.8, 4) is 11.1 Å². The van der Waals surface area contributed by atoms with E-state index in [-0.39, 0.29) is 11.3 Å².